The molecule has 2 rings (SSSR count). The van der Waals surface area contributed by atoms with Crippen LogP contribution in [-0.2, 0) is 12.8 Å². The Balaban J connectivity index is 2.35. The third kappa shape index (κ3) is 2.22. The normalized spacial score (nSPS) is 16.9. The maximum atomic E-state index is 5.93. The zero-order chi connectivity index (χ0) is 9.97. The van der Waals surface area contributed by atoms with Crippen molar-refractivity contribution in [2.24, 2.45) is 0 Å². The lowest BCUT2D eigenvalue weighted by Crippen LogP contribution is -2.02. The molecule has 0 fully saturated rings. The number of fused-ring (bicyclic) bond motifs is 1. The Morgan fingerprint density at radius 1 is 0.929 bits per heavy atom. The third-order valence-corrected chi connectivity index (χ3v) is 3.90. The van der Waals surface area contributed by atoms with Crippen LogP contribution in [0.2, 0.25) is 0 Å². The lowest BCUT2D eigenvalue weighted by Gasteiger charge is -2.15. The Hall–Kier alpha value is -0.250. The summed E-state index contributed by atoms with van der Waals surface area (Å²) in [7, 11) is 0. The molecular weight excluding hydrogens is 285 g/mol. The number of aryl methyl sites for hydroxylation is 2. The molecular formula is C12H16IN. The van der Waals surface area contributed by atoms with Gasteiger partial charge in [0.2, 0.25) is 0 Å². The Kier molecular flexibility index (Phi) is 3.31. The fourth-order valence-corrected chi connectivity index (χ4v) is 2.66. The van der Waals surface area contributed by atoms with Gasteiger partial charge in [0.15, 0.2) is 0 Å². The van der Waals surface area contributed by atoms with E-state index in [1.807, 2.05) is 0 Å². The van der Waals surface area contributed by atoms with Gasteiger partial charge in [-0.3, -0.25) is 0 Å². The summed E-state index contributed by atoms with van der Waals surface area (Å²) in [5, 5.41) is 0. The molecule has 1 aromatic carbocycles. The second-order valence-corrected chi connectivity index (χ2v) is 5.22. The van der Waals surface area contributed by atoms with Crippen molar-refractivity contribution in [1.82, 2.24) is 0 Å². The molecule has 0 atom stereocenters. The summed E-state index contributed by atoms with van der Waals surface area (Å²) in [6.07, 6.45) is 7.90. The molecule has 1 aromatic rings. The molecule has 0 unspecified atom stereocenters. The van der Waals surface area contributed by atoms with Gasteiger partial charge in [-0.25, -0.2) is 0 Å². The maximum Gasteiger partial charge on any atom is 0.0452 e. The zero-order valence-corrected chi connectivity index (χ0v) is 10.5. The van der Waals surface area contributed by atoms with Crippen LogP contribution in [0.15, 0.2) is 12.1 Å². The molecule has 2 N–H and O–H groups in total. The Bertz CT molecular complexity index is 300. The molecule has 76 valence electrons. The van der Waals surface area contributed by atoms with Gasteiger partial charge in [-0.05, 0) is 71.5 Å². The summed E-state index contributed by atoms with van der Waals surface area (Å²) >= 11 is 2.33. The van der Waals surface area contributed by atoms with Crippen LogP contribution in [-0.4, -0.2) is 0 Å². The average Bonchev–Trinajstić information content (AvgIpc) is 2.13. The molecule has 14 heavy (non-hydrogen) atoms. The topological polar surface area (TPSA) is 26.0 Å². The van der Waals surface area contributed by atoms with Gasteiger partial charge in [0.25, 0.3) is 0 Å². The SMILES string of the molecule is Nc1cc2c(cc1I)CCCCCC2. The number of nitrogens with two attached hydrogens (primary N) is 1. The number of nitrogen functional groups attached to an aromatic ring is 1. The highest BCUT2D eigenvalue weighted by molar-refractivity contribution is 14.1. The van der Waals surface area contributed by atoms with Gasteiger partial charge in [-0.2, -0.15) is 0 Å². The molecule has 0 bridgehead atoms. The molecule has 1 aliphatic carbocycles. The van der Waals surface area contributed by atoms with E-state index in [0.29, 0.717) is 0 Å². The fourth-order valence-electron chi connectivity index (χ4n) is 2.13. The van der Waals surface area contributed by atoms with Crippen LogP contribution in [0.5, 0.6) is 0 Å². The van der Waals surface area contributed by atoms with Crippen molar-refractivity contribution in [3.8, 4) is 0 Å². The molecule has 0 aromatic heterocycles. The van der Waals surface area contributed by atoms with Gasteiger partial charge in [-0.1, -0.05) is 12.8 Å². The first-order chi connectivity index (χ1) is 6.77. The van der Waals surface area contributed by atoms with Crippen LogP contribution in [0, 0.1) is 3.57 Å². The Morgan fingerprint density at radius 2 is 1.50 bits per heavy atom. The summed E-state index contributed by atoms with van der Waals surface area (Å²) in [6, 6.07) is 4.46. The van der Waals surface area contributed by atoms with Crippen molar-refractivity contribution >= 4 is 28.3 Å². The van der Waals surface area contributed by atoms with E-state index in [1.54, 1.807) is 0 Å². The van der Waals surface area contributed by atoms with Gasteiger partial charge in [-0.15, -0.1) is 0 Å². The van der Waals surface area contributed by atoms with Gasteiger partial charge >= 0.3 is 0 Å². The molecule has 0 amide bonds. The highest BCUT2D eigenvalue weighted by atomic mass is 127. The number of hydrogen-bond donors (Lipinski definition) is 1. The van der Waals surface area contributed by atoms with Crippen LogP contribution >= 0.6 is 22.6 Å². The summed E-state index contributed by atoms with van der Waals surface area (Å²) < 4.78 is 1.21. The second kappa shape index (κ2) is 4.51. The largest absolute Gasteiger partial charge is 0.398 e. The standard InChI is InChI=1S/C12H16IN/c13-11-7-9-5-3-1-2-4-6-10(9)8-12(11)14/h7-8H,1-6,14H2. The number of rotatable bonds is 0. The predicted molar refractivity (Wildman–Crippen MR) is 69.4 cm³/mol. The molecule has 2 heteroatoms. The minimum atomic E-state index is 0.949. The number of anilines is 1. The number of benzene rings is 1. The first kappa shape index (κ1) is 10.3. The molecule has 0 saturated heterocycles. The van der Waals surface area contributed by atoms with Gasteiger partial charge in [0.1, 0.15) is 0 Å². The summed E-state index contributed by atoms with van der Waals surface area (Å²) in [6.45, 7) is 0. The van der Waals surface area contributed by atoms with Crippen LogP contribution in [0.25, 0.3) is 0 Å². The van der Waals surface area contributed by atoms with E-state index < -0.39 is 0 Å². The molecule has 0 radical (unpaired) electrons. The van der Waals surface area contributed by atoms with Crippen molar-refractivity contribution in [1.29, 1.82) is 0 Å². The maximum absolute atomic E-state index is 5.93. The van der Waals surface area contributed by atoms with Crippen LogP contribution in [0.4, 0.5) is 5.69 Å². The molecule has 1 aliphatic rings. The van der Waals surface area contributed by atoms with E-state index in [4.69, 9.17) is 5.73 Å². The van der Waals surface area contributed by atoms with Crippen LogP contribution < -0.4 is 5.73 Å². The molecule has 0 spiro atoms. The van der Waals surface area contributed by atoms with E-state index in [9.17, 15) is 0 Å². The molecule has 0 heterocycles. The van der Waals surface area contributed by atoms with Crippen molar-refractivity contribution in [3.63, 3.8) is 0 Å². The molecule has 0 saturated carbocycles. The lowest BCUT2D eigenvalue weighted by atomic mass is 9.93. The predicted octanol–water partition coefficient (Wildman–Crippen LogP) is 3.53. The summed E-state index contributed by atoms with van der Waals surface area (Å²) in [5.41, 5.74) is 9.89. The average molecular weight is 301 g/mol. The van der Waals surface area contributed by atoms with E-state index in [0.717, 1.165) is 5.69 Å². The van der Waals surface area contributed by atoms with Gasteiger partial charge < -0.3 is 5.73 Å². The number of hydrogen-bond acceptors (Lipinski definition) is 1. The second-order valence-electron chi connectivity index (χ2n) is 4.06. The van der Waals surface area contributed by atoms with Crippen LogP contribution in [0.3, 0.4) is 0 Å². The quantitative estimate of drug-likeness (QED) is 0.576. The summed E-state index contributed by atoms with van der Waals surface area (Å²) in [5.74, 6) is 0. The Morgan fingerprint density at radius 3 is 2.14 bits per heavy atom. The van der Waals surface area contributed by atoms with E-state index in [-0.39, 0.29) is 0 Å². The van der Waals surface area contributed by atoms with Gasteiger partial charge in [0.05, 0.1) is 0 Å². The Labute approximate surface area is 99.2 Å². The van der Waals surface area contributed by atoms with E-state index in [1.165, 1.54) is 53.2 Å². The lowest BCUT2D eigenvalue weighted by molar-refractivity contribution is 0.617. The van der Waals surface area contributed by atoms with Crippen LogP contribution in [0.1, 0.15) is 36.8 Å². The molecule has 1 nitrogen and oxygen atoms in total. The van der Waals surface area contributed by atoms with Crippen molar-refractivity contribution in [2.45, 2.75) is 38.5 Å². The zero-order valence-electron chi connectivity index (χ0n) is 8.35. The fraction of sp³-hybridized carbons (Fsp3) is 0.500. The van der Waals surface area contributed by atoms with Gasteiger partial charge in [0, 0.05) is 9.26 Å². The minimum Gasteiger partial charge on any atom is -0.398 e. The minimum absolute atomic E-state index is 0.949. The summed E-state index contributed by atoms with van der Waals surface area (Å²) in [4.78, 5) is 0. The highest BCUT2D eigenvalue weighted by Crippen LogP contribution is 2.25. The van der Waals surface area contributed by atoms with E-state index in [2.05, 4.69) is 34.7 Å². The first-order valence-electron chi connectivity index (χ1n) is 5.34. The van der Waals surface area contributed by atoms with E-state index >= 15 is 0 Å². The van der Waals surface area contributed by atoms with Crippen molar-refractivity contribution in [2.75, 3.05) is 5.73 Å². The van der Waals surface area contributed by atoms with Crippen molar-refractivity contribution in [3.05, 3.63) is 26.8 Å². The van der Waals surface area contributed by atoms with Crippen molar-refractivity contribution < 1.29 is 0 Å². The first-order valence-corrected chi connectivity index (χ1v) is 6.42. The highest BCUT2D eigenvalue weighted by Gasteiger charge is 2.08. The molecule has 0 aliphatic heterocycles. The number of halogens is 1. The third-order valence-electron chi connectivity index (χ3n) is 2.96. The smallest absolute Gasteiger partial charge is 0.0452 e. The monoisotopic (exact) mass is 301 g/mol.